The van der Waals surface area contributed by atoms with Crippen molar-refractivity contribution in [3.8, 4) is 0 Å². The number of nitro benzene ring substituents is 1. The number of hydrogen-bond donors (Lipinski definition) is 0. The van der Waals surface area contributed by atoms with E-state index in [0.717, 1.165) is 12.1 Å². The molecule has 0 saturated carbocycles. The van der Waals surface area contributed by atoms with Crippen LogP contribution in [0, 0.1) is 16.0 Å². The number of sulfonamides is 1. The van der Waals surface area contributed by atoms with E-state index in [2.05, 4.69) is 0 Å². The Bertz CT molecular complexity index is 815. The Balaban J connectivity index is 2.38. The van der Waals surface area contributed by atoms with Crippen molar-refractivity contribution in [2.45, 2.75) is 31.2 Å². The number of nitro groups is 1. The van der Waals surface area contributed by atoms with E-state index in [0.29, 0.717) is 0 Å². The van der Waals surface area contributed by atoms with Crippen LogP contribution in [0.15, 0.2) is 29.2 Å². The van der Waals surface area contributed by atoms with Crippen LogP contribution in [0.1, 0.15) is 20.3 Å². The second kappa shape index (κ2) is 6.77. The molecule has 1 aromatic carbocycles. The van der Waals surface area contributed by atoms with Crippen LogP contribution in [0.4, 0.5) is 5.69 Å². The van der Waals surface area contributed by atoms with E-state index in [1.165, 1.54) is 16.4 Å². The maximum Gasteiger partial charge on any atom is 0.269 e. The molecular formula is C14H20N2O6S2. The van der Waals surface area contributed by atoms with Crippen LogP contribution in [-0.2, 0) is 19.9 Å². The zero-order valence-corrected chi connectivity index (χ0v) is 15.1. The fraction of sp³-hybridized carbons (Fsp3) is 0.571. The third-order valence-corrected chi connectivity index (χ3v) is 7.50. The van der Waals surface area contributed by atoms with Gasteiger partial charge in [-0.25, -0.2) is 16.8 Å². The summed E-state index contributed by atoms with van der Waals surface area (Å²) in [6, 6.07) is 4.03. The van der Waals surface area contributed by atoms with Crippen LogP contribution in [0.5, 0.6) is 0 Å². The van der Waals surface area contributed by atoms with Crippen LogP contribution < -0.4 is 0 Å². The fourth-order valence-corrected chi connectivity index (χ4v) is 6.32. The third kappa shape index (κ3) is 4.11. The Morgan fingerprint density at radius 1 is 1.29 bits per heavy atom. The van der Waals surface area contributed by atoms with Gasteiger partial charge in [0.1, 0.15) is 0 Å². The van der Waals surface area contributed by atoms with Gasteiger partial charge in [0.15, 0.2) is 9.84 Å². The van der Waals surface area contributed by atoms with Crippen LogP contribution in [0.25, 0.3) is 0 Å². The average molecular weight is 376 g/mol. The van der Waals surface area contributed by atoms with Crippen molar-refractivity contribution in [1.82, 2.24) is 4.31 Å². The van der Waals surface area contributed by atoms with Gasteiger partial charge in [0.25, 0.3) is 5.69 Å². The minimum absolute atomic E-state index is 0.0149. The largest absolute Gasteiger partial charge is 0.269 e. The van der Waals surface area contributed by atoms with Gasteiger partial charge in [-0.3, -0.25) is 10.1 Å². The Labute approximate surface area is 141 Å². The highest BCUT2D eigenvalue weighted by atomic mass is 32.2. The summed E-state index contributed by atoms with van der Waals surface area (Å²) in [5, 5.41) is 10.7. The van der Waals surface area contributed by atoms with E-state index in [9.17, 15) is 26.9 Å². The zero-order valence-electron chi connectivity index (χ0n) is 13.5. The molecule has 0 unspecified atom stereocenters. The van der Waals surface area contributed by atoms with Gasteiger partial charge in [-0.2, -0.15) is 4.31 Å². The molecule has 2 rings (SSSR count). The molecule has 8 nitrogen and oxygen atoms in total. The van der Waals surface area contributed by atoms with Gasteiger partial charge in [0.05, 0.1) is 21.3 Å². The van der Waals surface area contributed by atoms with Crippen molar-refractivity contribution in [3.63, 3.8) is 0 Å². The molecule has 0 bridgehead atoms. The molecule has 1 heterocycles. The summed E-state index contributed by atoms with van der Waals surface area (Å²) in [7, 11) is -7.16. The molecule has 0 radical (unpaired) electrons. The van der Waals surface area contributed by atoms with Gasteiger partial charge in [-0.05, 0) is 24.5 Å². The van der Waals surface area contributed by atoms with Crippen LogP contribution in [0.2, 0.25) is 0 Å². The zero-order chi connectivity index (χ0) is 18.1. The molecule has 24 heavy (non-hydrogen) atoms. The highest BCUT2D eigenvalue weighted by Crippen LogP contribution is 2.27. The van der Waals surface area contributed by atoms with E-state index >= 15 is 0 Å². The van der Waals surface area contributed by atoms with Gasteiger partial charge in [0, 0.05) is 24.7 Å². The van der Waals surface area contributed by atoms with Gasteiger partial charge >= 0.3 is 0 Å². The Morgan fingerprint density at radius 3 is 2.29 bits per heavy atom. The topological polar surface area (TPSA) is 115 Å². The highest BCUT2D eigenvalue weighted by Gasteiger charge is 2.39. The maximum atomic E-state index is 12.9. The summed E-state index contributed by atoms with van der Waals surface area (Å²) >= 11 is 0. The molecule has 10 heteroatoms. The van der Waals surface area contributed by atoms with Crippen molar-refractivity contribution < 1.29 is 21.8 Å². The van der Waals surface area contributed by atoms with Crippen LogP contribution >= 0.6 is 0 Å². The summed E-state index contributed by atoms with van der Waals surface area (Å²) in [6.07, 6.45) is 0.265. The standard InChI is InChI=1S/C14H20N2O6S2/c1-11(2)9-15(13-7-8-23(19,20)10-13)24(21,22)14-5-3-12(4-6-14)16(17)18/h3-6,11,13H,7-10H2,1-2H3/t13-/m0/s1. The molecule has 0 amide bonds. The van der Waals surface area contributed by atoms with E-state index in [4.69, 9.17) is 0 Å². The molecule has 1 aliphatic heterocycles. The van der Waals surface area contributed by atoms with Crippen LogP contribution in [0.3, 0.4) is 0 Å². The lowest BCUT2D eigenvalue weighted by Crippen LogP contribution is -2.43. The Hall–Kier alpha value is -1.52. The molecule has 0 N–H and O–H groups in total. The number of non-ortho nitro benzene ring substituents is 1. The molecule has 1 aromatic rings. The minimum atomic E-state index is -3.93. The number of hydrogen-bond acceptors (Lipinski definition) is 6. The molecule has 1 atom stereocenters. The molecule has 1 fully saturated rings. The smallest absolute Gasteiger partial charge is 0.258 e. The van der Waals surface area contributed by atoms with Crippen molar-refractivity contribution in [3.05, 3.63) is 34.4 Å². The average Bonchev–Trinajstić information content (AvgIpc) is 2.84. The summed E-state index contributed by atoms with van der Waals surface area (Å²) in [5.74, 6) is -0.199. The molecular weight excluding hydrogens is 356 g/mol. The normalized spacial score (nSPS) is 20.6. The summed E-state index contributed by atoms with van der Waals surface area (Å²) < 4.78 is 50.5. The van der Waals surface area contributed by atoms with Crippen molar-refractivity contribution >= 4 is 25.5 Å². The van der Waals surface area contributed by atoms with E-state index in [-0.39, 0.29) is 41.0 Å². The molecule has 1 saturated heterocycles. The van der Waals surface area contributed by atoms with Gasteiger partial charge < -0.3 is 0 Å². The molecule has 1 aliphatic rings. The second-order valence-electron chi connectivity index (χ2n) is 6.28. The van der Waals surface area contributed by atoms with E-state index in [1.54, 1.807) is 0 Å². The highest BCUT2D eigenvalue weighted by molar-refractivity contribution is 7.92. The quantitative estimate of drug-likeness (QED) is 0.548. The molecule has 134 valence electrons. The molecule has 0 aromatic heterocycles. The van der Waals surface area contributed by atoms with E-state index < -0.39 is 30.8 Å². The van der Waals surface area contributed by atoms with Gasteiger partial charge in [-0.1, -0.05) is 13.8 Å². The van der Waals surface area contributed by atoms with Crippen molar-refractivity contribution in [2.24, 2.45) is 5.92 Å². The first-order valence-corrected chi connectivity index (χ1v) is 10.8. The first kappa shape index (κ1) is 18.8. The first-order chi connectivity index (χ1) is 11.0. The summed E-state index contributed by atoms with van der Waals surface area (Å²) in [6.45, 7) is 3.89. The lowest BCUT2D eigenvalue weighted by atomic mass is 10.2. The number of nitrogens with zero attached hydrogens (tertiary/aromatic N) is 2. The van der Waals surface area contributed by atoms with Crippen LogP contribution in [-0.4, -0.2) is 50.2 Å². The summed E-state index contributed by atoms with van der Waals surface area (Å²) in [4.78, 5) is 10.0. The van der Waals surface area contributed by atoms with Crippen molar-refractivity contribution in [1.29, 1.82) is 0 Å². The first-order valence-electron chi connectivity index (χ1n) is 7.49. The number of rotatable bonds is 6. The Morgan fingerprint density at radius 2 is 1.88 bits per heavy atom. The minimum Gasteiger partial charge on any atom is -0.258 e. The molecule has 0 aliphatic carbocycles. The van der Waals surface area contributed by atoms with Gasteiger partial charge in [-0.15, -0.1) is 0 Å². The fourth-order valence-electron chi connectivity index (χ4n) is 2.68. The number of sulfone groups is 1. The van der Waals surface area contributed by atoms with E-state index in [1.807, 2.05) is 13.8 Å². The molecule has 0 spiro atoms. The predicted molar refractivity (Wildman–Crippen MR) is 88.9 cm³/mol. The van der Waals surface area contributed by atoms with Gasteiger partial charge in [0.2, 0.25) is 10.0 Å². The number of benzene rings is 1. The predicted octanol–water partition coefficient (Wildman–Crippen LogP) is 1.43. The monoisotopic (exact) mass is 376 g/mol. The third-order valence-electron chi connectivity index (χ3n) is 3.81. The second-order valence-corrected chi connectivity index (χ2v) is 10.4. The lowest BCUT2D eigenvalue weighted by molar-refractivity contribution is -0.384. The summed E-state index contributed by atoms with van der Waals surface area (Å²) in [5.41, 5.74) is -0.201. The van der Waals surface area contributed by atoms with Crippen molar-refractivity contribution in [2.75, 3.05) is 18.1 Å². The maximum absolute atomic E-state index is 12.9. The SMILES string of the molecule is CC(C)CN([C@H]1CCS(=O)(=O)C1)S(=O)(=O)c1ccc([N+](=O)[O-])cc1. The Kier molecular flexibility index (Phi) is 5.31. The lowest BCUT2D eigenvalue weighted by Gasteiger charge is -2.28.